The maximum absolute atomic E-state index is 13.3. The Morgan fingerprint density at radius 3 is 2.46 bits per heavy atom. The highest BCUT2D eigenvalue weighted by molar-refractivity contribution is 14.1. The number of Topliss-reactive ketones (excluding diaryl/α,β-unsaturated/α-hetero) is 1. The first kappa shape index (κ1) is 21.2. The minimum absolute atomic E-state index is 0.108. The van der Waals surface area contributed by atoms with Crippen molar-refractivity contribution in [1.29, 1.82) is 0 Å². The molecule has 3 N–H and O–H groups in total. The Balaban J connectivity index is 1.92. The molecule has 148 valence electrons. The van der Waals surface area contributed by atoms with Crippen molar-refractivity contribution in [2.45, 2.75) is 51.4 Å². The van der Waals surface area contributed by atoms with Crippen molar-refractivity contribution in [3.63, 3.8) is 0 Å². The van der Waals surface area contributed by atoms with E-state index in [9.17, 15) is 10.0 Å². The van der Waals surface area contributed by atoms with E-state index in [0.29, 0.717) is 6.42 Å². The standard InChI is InChI=1S/C23H27IN2O2/c1-2-3-4-9-20-18-7-5-6-8-19(18)21(23(27)22(20)26(25)28)15-12-16-10-13-17(24)14-11-16/h5-8,10-11,13-14,21,25-26,28H,2-4,9,12,15H2,1H3. The highest BCUT2D eigenvalue weighted by atomic mass is 127. The first-order valence-electron chi connectivity index (χ1n) is 9.92. The SMILES string of the molecule is CCCCCC1=C([NH+]([NH-])O)C(=O)C(CCc2ccc(I)cc2)c2ccccc21. The van der Waals surface area contributed by atoms with Gasteiger partial charge in [-0.25, -0.2) is 10.4 Å². The van der Waals surface area contributed by atoms with Gasteiger partial charge in [-0.2, -0.15) is 0 Å². The van der Waals surface area contributed by atoms with Crippen molar-refractivity contribution >= 4 is 33.9 Å². The molecular weight excluding hydrogens is 463 g/mol. The summed E-state index contributed by atoms with van der Waals surface area (Å²) in [5.41, 5.74) is 4.33. The van der Waals surface area contributed by atoms with Crippen LogP contribution in [0.25, 0.3) is 11.4 Å². The van der Waals surface area contributed by atoms with Gasteiger partial charge in [0.25, 0.3) is 0 Å². The number of nitrogens with one attached hydrogen (secondary N) is 2. The molecule has 2 unspecified atom stereocenters. The smallest absolute Gasteiger partial charge is 0.226 e. The number of carbonyl (C=O) groups excluding carboxylic acids is 1. The van der Waals surface area contributed by atoms with Crippen LogP contribution in [0.4, 0.5) is 0 Å². The summed E-state index contributed by atoms with van der Waals surface area (Å²) in [6, 6.07) is 16.4. The van der Waals surface area contributed by atoms with Crippen molar-refractivity contribution in [3.8, 4) is 0 Å². The van der Waals surface area contributed by atoms with Crippen molar-refractivity contribution in [3.05, 3.63) is 80.3 Å². The van der Waals surface area contributed by atoms with Gasteiger partial charge in [0.05, 0.1) is 5.92 Å². The Morgan fingerprint density at radius 1 is 1.07 bits per heavy atom. The normalized spacial score (nSPS) is 17.6. The van der Waals surface area contributed by atoms with Gasteiger partial charge in [0.15, 0.2) is 0 Å². The van der Waals surface area contributed by atoms with Gasteiger partial charge in [0.2, 0.25) is 11.5 Å². The fourth-order valence-electron chi connectivity index (χ4n) is 3.99. The van der Waals surface area contributed by atoms with Gasteiger partial charge in [0.1, 0.15) is 0 Å². The molecule has 4 nitrogen and oxygen atoms in total. The van der Waals surface area contributed by atoms with Gasteiger partial charge in [-0.1, -0.05) is 56.2 Å². The number of aryl methyl sites for hydroxylation is 1. The van der Waals surface area contributed by atoms with Crippen LogP contribution in [0.5, 0.6) is 0 Å². The largest absolute Gasteiger partial charge is 0.429 e. The third-order valence-corrected chi connectivity index (χ3v) is 6.15. The second-order valence-electron chi connectivity index (χ2n) is 7.33. The number of halogens is 1. The lowest BCUT2D eigenvalue weighted by molar-refractivity contribution is -1.01. The number of carbonyl (C=O) groups is 1. The van der Waals surface area contributed by atoms with E-state index in [0.717, 1.165) is 48.8 Å². The summed E-state index contributed by atoms with van der Waals surface area (Å²) < 4.78 is 1.19. The summed E-state index contributed by atoms with van der Waals surface area (Å²) >= 11 is 2.29. The summed E-state index contributed by atoms with van der Waals surface area (Å²) in [5.74, 6) is 7.44. The van der Waals surface area contributed by atoms with E-state index in [1.54, 1.807) is 0 Å². The first-order valence-corrected chi connectivity index (χ1v) is 11.0. The fourth-order valence-corrected chi connectivity index (χ4v) is 4.35. The van der Waals surface area contributed by atoms with E-state index in [1.165, 1.54) is 9.13 Å². The molecule has 5 heteroatoms. The number of rotatable bonds is 8. The number of ketones is 1. The van der Waals surface area contributed by atoms with E-state index in [-0.39, 0.29) is 17.4 Å². The number of quaternary nitrogens is 1. The van der Waals surface area contributed by atoms with Crippen LogP contribution in [0.1, 0.15) is 61.6 Å². The quantitative estimate of drug-likeness (QED) is 0.307. The summed E-state index contributed by atoms with van der Waals surface area (Å²) in [6.07, 6.45) is 5.31. The van der Waals surface area contributed by atoms with Crippen molar-refractivity contribution < 1.29 is 15.2 Å². The Bertz CT molecular complexity index is 859. The molecule has 2 atom stereocenters. The molecular formula is C23H27IN2O2. The lowest BCUT2D eigenvalue weighted by Gasteiger charge is -2.30. The Morgan fingerprint density at radius 2 is 1.79 bits per heavy atom. The first-order chi connectivity index (χ1) is 13.5. The van der Waals surface area contributed by atoms with Crippen LogP contribution in [0.15, 0.2) is 54.2 Å². The lowest BCUT2D eigenvalue weighted by atomic mass is 9.76. The predicted octanol–water partition coefficient (Wildman–Crippen LogP) is 5.12. The van der Waals surface area contributed by atoms with Gasteiger partial charge in [-0.15, -0.1) is 0 Å². The predicted molar refractivity (Wildman–Crippen MR) is 120 cm³/mol. The summed E-state index contributed by atoms with van der Waals surface area (Å²) in [4.78, 5) is 13.3. The highest BCUT2D eigenvalue weighted by Gasteiger charge is 2.37. The summed E-state index contributed by atoms with van der Waals surface area (Å²) in [5, 5.41) is 9.45. The molecule has 1 aliphatic carbocycles. The molecule has 0 saturated heterocycles. The summed E-state index contributed by atoms with van der Waals surface area (Å²) in [7, 11) is 0. The number of fused-ring (bicyclic) bond motifs is 1. The fraction of sp³-hybridized carbons (Fsp3) is 0.348. The molecule has 0 saturated carbocycles. The van der Waals surface area contributed by atoms with Crippen LogP contribution in [0, 0.1) is 3.57 Å². The third kappa shape index (κ3) is 4.71. The van der Waals surface area contributed by atoms with Crippen molar-refractivity contribution in [1.82, 2.24) is 0 Å². The van der Waals surface area contributed by atoms with E-state index in [2.05, 4.69) is 53.8 Å². The van der Waals surface area contributed by atoms with Crippen LogP contribution in [-0.2, 0) is 11.2 Å². The zero-order valence-corrected chi connectivity index (χ0v) is 18.3. The van der Waals surface area contributed by atoms with E-state index in [4.69, 9.17) is 5.84 Å². The van der Waals surface area contributed by atoms with Gasteiger partial charge >= 0.3 is 0 Å². The van der Waals surface area contributed by atoms with Gasteiger partial charge in [-0.05, 0) is 77.1 Å². The average Bonchev–Trinajstić information content (AvgIpc) is 2.68. The lowest BCUT2D eigenvalue weighted by Crippen LogP contribution is -3.02. The van der Waals surface area contributed by atoms with Gasteiger partial charge in [0, 0.05) is 9.14 Å². The van der Waals surface area contributed by atoms with Crippen molar-refractivity contribution in [2.24, 2.45) is 0 Å². The van der Waals surface area contributed by atoms with Crippen LogP contribution >= 0.6 is 22.6 Å². The number of benzene rings is 2. The Hall–Kier alpha value is -1.54. The minimum Gasteiger partial charge on any atom is -0.429 e. The third-order valence-electron chi connectivity index (χ3n) is 5.43. The number of allylic oxidation sites excluding steroid dienone is 2. The van der Waals surface area contributed by atoms with Crippen LogP contribution in [-0.4, -0.2) is 11.0 Å². The summed E-state index contributed by atoms with van der Waals surface area (Å²) in [6.45, 7) is 2.14. The Kier molecular flexibility index (Phi) is 7.40. The average molecular weight is 490 g/mol. The number of hydrogen-bond acceptors (Lipinski definition) is 2. The highest BCUT2D eigenvalue weighted by Crippen LogP contribution is 2.39. The zero-order valence-electron chi connectivity index (χ0n) is 16.2. The van der Waals surface area contributed by atoms with Crippen LogP contribution < -0.4 is 5.17 Å². The molecule has 3 rings (SSSR count). The number of unbranched alkanes of at least 4 members (excludes halogenated alkanes) is 2. The maximum Gasteiger partial charge on any atom is 0.226 e. The Labute approximate surface area is 180 Å². The molecule has 0 aromatic heterocycles. The van der Waals surface area contributed by atoms with E-state index < -0.39 is 5.17 Å². The monoisotopic (exact) mass is 490 g/mol. The molecule has 0 aliphatic heterocycles. The molecule has 2 aromatic carbocycles. The molecule has 2 aromatic rings. The van der Waals surface area contributed by atoms with Crippen LogP contribution in [0.3, 0.4) is 0 Å². The number of hydrogen-bond donors (Lipinski definition) is 2. The molecule has 0 fully saturated rings. The molecule has 1 aliphatic rings. The molecule has 0 spiro atoms. The molecule has 0 radical (unpaired) electrons. The second-order valence-corrected chi connectivity index (χ2v) is 8.57. The second kappa shape index (κ2) is 9.78. The topological polar surface area (TPSA) is 65.5 Å². The minimum atomic E-state index is -0.592. The number of hydroxylamine groups is 1. The molecule has 28 heavy (non-hydrogen) atoms. The van der Waals surface area contributed by atoms with E-state index >= 15 is 0 Å². The van der Waals surface area contributed by atoms with Crippen LogP contribution in [0.2, 0.25) is 0 Å². The zero-order chi connectivity index (χ0) is 20.1. The van der Waals surface area contributed by atoms with Crippen molar-refractivity contribution in [2.75, 3.05) is 0 Å². The van der Waals surface area contributed by atoms with Gasteiger partial charge in [-0.3, -0.25) is 4.79 Å². The maximum atomic E-state index is 13.3. The molecule has 0 heterocycles. The molecule has 0 amide bonds. The van der Waals surface area contributed by atoms with Gasteiger partial charge < -0.3 is 5.84 Å². The van der Waals surface area contributed by atoms with E-state index in [1.807, 2.05) is 24.3 Å². The molecule has 0 bridgehead atoms.